The quantitative estimate of drug-likeness (QED) is 0.0666. The number of unbranched alkanes of at least 4 members (excludes halogenated alkanes) is 26. The Bertz CT molecular complexity index is 365. The van der Waals surface area contributed by atoms with Crippen LogP contribution in [0.2, 0.25) is 0 Å². The van der Waals surface area contributed by atoms with Crippen LogP contribution in [0.1, 0.15) is 194 Å². The summed E-state index contributed by atoms with van der Waals surface area (Å²) in [5.74, 6) is 0. The lowest BCUT2D eigenvalue weighted by Gasteiger charge is -2.19. The van der Waals surface area contributed by atoms with E-state index in [1.807, 2.05) is 0 Å². The third kappa shape index (κ3) is 29.9. The zero-order chi connectivity index (χ0) is 26.2. The van der Waals surface area contributed by atoms with E-state index in [4.69, 9.17) is 0 Å². The number of nitrogens with zero attached hydrogens (tertiary/aromatic N) is 1. The average molecular weight is 508 g/mol. The topological polar surface area (TPSA) is 20.3 Å². The van der Waals surface area contributed by atoms with E-state index in [-0.39, 0.29) is 0 Å². The maximum Gasteiger partial charge on any atom is 0.133 e. The van der Waals surface area contributed by atoms with Crippen molar-refractivity contribution >= 4 is 6.29 Å². The molecule has 0 amide bonds. The second-order valence-electron chi connectivity index (χ2n) is 11.7. The Labute approximate surface area is 229 Å². The summed E-state index contributed by atoms with van der Waals surface area (Å²) in [7, 11) is 0. The van der Waals surface area contributed by atoms with Gasteiger partial charge in [-0.1, -0.05) is 181 Å². The Kier molecular flexibility index (Phi) is 32.3. The lowest BCUT2D eigenvalue weighted by molar-refractivity contribution is -0.108. The number of carbonyl (C=O) groups excluding carboxylic acids is 1. The van der Waals surface area contributed by atoms with Gasteiger partial charge in [-0.25, -0.2) is 0 Å². The SMILES string of the molecule is CCCCCCCCCCCCCCCCN(CC=O)CCCCCCCCCCCCCCCC. The van der Waals surface area contributed by atoms with Gasteiger partial charge in [0.05, 0.1) is 6.54 Å². The Morgan fingerprint density at radius 1 is 0.361 bits per heavy atom. The summed E-state index contributed by atoms with van der Waals surface area (Å²) in [5, 5.41) is 0. The largest absolute Gasteiger partial charge is 0.302 e. The van der Waals surface area contributed by atoms with Gasteiger partial charge in [0.25, 0.3) is 0 Å². The third-order valence-corrected chi connectivity index (χ3v) is 7.99. The minimum absolute atomic E-state index is 0.636. The lowest BCUT2D eigenvalue weighted by Crippen LogP contribution is -2.28. The van der Waals surface area contributed by atoms with Gasteiger partial charge < -0.3 is 4.79 Å². The van der Waals surface area contributed by atoms with Crippen molar-refractivity contribution in [3.05, 3.63) is 0 Å². The minimum Gasteiger partial charge on any atom is -0.302 e. The second-order valence-corrected chi connectivity index (χ2v) is 11.7. The van der Waals surface area contributed by atoms with Crippen LogP contribution >= 0.6 is 0 Å². The summed E-state index contributed by atoms with van der Waals surface area (Å²) >= 11 is 0. The predicted octanol–water partition coefficient (Wildman–Crippen LogP) is 11.4. The van der Waals surface area contributed by atoms with E-state index in [0.717, 1.165) is 19.4 Å². The van der Waals surface area contributed by atoms with Gasteiger partial charge in [0.1, 0.15) is 6.29 Å². The highest BCUT2D eigenvalue weighted by Crippen LogP contribution is 2.15. The van der Waals surface area contributed by atoms with Crippen LogP contribution < -0.4 is 0 Å². The Morgan fingerprint density at radius 3 is 0.806 bits per heavy atom. The molecule has 2 nitrogen and oxygen atoms in total. The standard InChI is InChI=1S/C34H69NO/c1-3-5-7-9-11-13-15-17-19-21-23-25-27-29-31-35(33-34-36)32-30-28-26-24-22-20-18-16-14-12-10-8-6-4-2/h34H,3-33H2,1-2H3. The number of rotatable bonds is 32. The van der Waals surface area contributed by atoms with Gasteiger partial charge in [-0.05, 0) is 25.9 Å². The molecular weight excluding hydrogens is 438 g/mol. The number of aldehydes is 1. The Hall–Kier alpha value is -0.370. The van der Waals surface area contributed by atoms with Gasteiger partial charge in [0, 0.05) is 0 Å². The molecular formula is C34H69NO. The summed E-state index contributed by atoms with van der Waals surface area (Å²) in [4.78, 5) is 13.5. The van der Waals surface area contributed by atoms with Crippen molar-refractivity contribution < 1.29 is 4.79 Å². The molecule has 0 aromatic heterocycles. The molecule has 0 radical (unpaired) electrons. The fraction of sp³-hybridized carbons (Fsp3) is 0.971. The second kappa shape index (κ2) is 32.7. The molecule has 0 heterocycles. The molecule has 0 N–H and O–H groups in total. The van der Waals surface area contributed by atoms with E-state index in [1.54, 1.807) is 0 Å². The first-order valence-electron chi connectivity index (χ1n) is 17.0. The van der Waals surface area contributed by atoms with Gasteiger partial charge in [0.2, 0.25) is 0 Å². The van der Waals surface area contributed by atoms with Crippen molar-refractivity contribution in [3.63, 3.8) is 0 Å². The molecule has 0 aromatic rings. The first kappa shape index (κ1) is 35.6. The van der Waals surface area contributed by atoms with E-state index >= 15 is 0 Å². The summed E-state index contributed by atoms with van der Waals surface area (Å²) in [6.45, 7) is 7.47. The molecule has 0 spiro atoms. The molecule has 0 rings (SSSR count). The molecule has 0 atom stereocenters. The van der Waals surface area contributed by atoms with Crippen molar-refractivity contribution in [2.24, 2.45) is 0 Å². The molecule has 0 aliphatic carbocycles. The summed E-state index contributed by atoms with van der Waals surface area (Å²) < 4.78 is 0. The smallest absolute Gasteiger partial charge is 0.133 e. The van der Waals surface area contributed by atoms with E-state index in [0.29, 0.717) is 6.54 Å². The first-order valence-corrected chi connectivity index (χ1v) is 17.0. The van der Waals surface area contributed by atoms with E-state index < -0.39 is 0 Å². The molecule has 2 heteroatoms. The monoisotopic (exact) mass is 508 g/mol. The molecule has 216 valence electrons. The normalized spacial score (nSPS) is 11.5. The van der Waals surface area contributed by atoms with Crippen LogP contribution in [0.25, 0.3) is 0 Å². The van der Waals surface area contributed by atoms with Crippen molar-refractivity contribution in [1.29, 1.82) is 0 Å². The van der Waals surface area contributed by atoms with Crippen LogP contribution in [0.4, 0.5) is 0 Å². The van der Waals surface area contributed by atoms with E-state index in [9.17, 15) is 4.79 Å². The molecule has 0 fully saturated rings. The molecule has 0 bridgehead atoms. The fourth-order valence-electron chi connectivity index (χ4n) is 5.46. The van der Waals surface area contributed by atoms with Crippen LogP contribution in [-0.2, 0) is 4.79 Å². The summed E-state index contributed by atoms with van der Waals surface area (Å²) in [6, 6.07) is 0. The maximum absolute atomic E-state index is 11.1. The van der Waals surface area contributed by atoms with Crippen molar-refractivity contribution in [2.75, 3.05) is 19.6 Å². The van der Waals surface area contributed by atoms with Crippen LogP contribution in [0.5, 0.6) is 0 Å². The highest BCUT2D eigenvalue weighted by Gasteiger charge is 2.04. The molecule has 36 heavy (non-hydrogen) atoms. The predicted molar refractivity (Wildman–Crippen MR) is 163 cm³/mol. The number of carbonyl (C=O) groups is 1. The van der Waals surface area contributed by atoms with E-state index in [2.05, 4.69) is 18.7 Å². The van der Waals surface area contributed by atoms with Crippen LogP contribution in [0, 0.1) is 0 Å². The molecule has 0 aliphatic rings. The first-order chi connectivity index (χ1) is 17.8. The number of hydrogen-bond donors (Lipinski definition) is 0. The van der Waals surface area contributed by atoms with Crippen LogP contribution in [0.3, 0.4) is 0 Å². The Morgan fingerprint density at radius 2 is 0.583 bits per heavy atom. The van der Waals surface area contributed by atoms with Gasteiger partial charge in [0.15, 0.2) is 0 Å². The number of hydrogen-bond acceptors (Lipinski definition) is 2. The van der Waals surface area contributed by atoms with Crippen LogP contribution in [0.15, 0.2) is 0 Å². The van der Waals surface area contributed by atoms with Crippen molar-refractivity contribution in [3.8, 4) is 0 Å². The van der Waals surface area contributed by atoms with Gasteiger partial charge >= 0.3 is 0 Å². The fourth-order valence-corrected chi connectivity index (χ4v) is 5.46. The maximum atomic E-state index is 11.1. The Balaban J connectivity index is 3.37. The highest BCUT2D eigenvalue weighted by molar-refractivity contribution is 5.51. The molecule has 0 saturated carbocycles. The third-order valence-electron chi connectivity index (χ3n) is 7.99. The lowest BCUT2D eigenvalue weighted by atomic mass is 10.0. The minimum atomic E-state index is 0.636. The van der Waals surface area contributed by atoms with Crippen LogP contribution in [-0.4, -0.2) is 30.8 Å². The highest BCUT2D eigenvalue weighted by atomic mass is 16.1. The molecule has 0 unspecified atom stereocenters. The average Bonchev–Trinajstić information content (AvgIpc) is 2.89. The summed E-state index contributed by atoms with van der Waals surface area (Å²) in [5.41, 5.74) is 0. The zero-order valence-corrected chi connectivity index (χ0v) is 25.4. The van der Waals surface area contributed by atoms with E-state index in [1.165, 1.54) is 180 Å². The van der Waals surface area contributed by atoms with Gasteiger partial charge in [-0.2, -0.15) is 0 Å². The molecule has 0 saturated heterocycles. The van der Waals surface area contributed by atoms with Gasteiger partial charge in [-0.3, -0.25) is 4.90 Å². The molecule has 0 aromatic carbocycles. The zero-order valence-electron chi connectivity index (χ0n) is 25.4. The van der Waals surface area contributed by atoms with Crippen molar-refractivity contribution in [1.82, 2.24) is 4.90 Å². The van der Waals surface area contributed by atoms with Gasteiger partial charge in [-0.15, -0.1) is 0 Å². The molecule has 0 aliphatic heterocycles. The van der Waals surface area contributed by atoms with Crippen molar-refractivity contribution in [2.45, 2.75) is 194 Å². The summed E-state index contributed by atoms with van der Waals surface area (Å²) in [6.07, 6.45) is 40.6.